The highest BCUT2D eigenvalue weighted by atomic mass is 32.1. The first-order chi connectivity index (χ1) is 22.8. The predicted octanol–water partition coefficient (Wildman–Crippen LogP) is 12.6. The molecule has 0 N–H and O–H groups in total. The van der Waals surface area contributed by atoms with E-state index in [1.165, 1.54) is 42.0 Å². The van der Waals surface area contributed by atoms with Crippen LogP contribution < -0.4 is 0 Å². The van der Waals surface area contributed by atoms with Gasteiger partial charge < -0.3 is 13.4 Å². The second-order valence-corrected chi connectivity index (χ2v) is 13.1. The third kappa shape index (κ3) is 3.16. The van der Waals surface area contributed by atoms with Crippen molar-refractivity contribution in [1.82, 2.24) is 4.57 Å². The fourth-order valence-corrected chi connectivity index (χ4v) is 8.86. The van der Waals surface area contributed by atoms with E-state index in [1.807, 2.05) is 29.5 Å². The minimum absolute atomic E-state index is 0.873. The number of hydrogen-bond donors (Lipinski definition) is 0. The van der Waals surface area contributed by atoms with Gasteiger partial charge in [0.2, 0.25) is 0 Å². The number of benzene rings is 7. The lowest BCUT2D eigenvalue weighted by molar-refractivity contribution is 0.666. The zero-order chi connectivity index (χ0) is 29.9. The largest absolute Gasteiger partial charge is 0.456 e. The predicted molar refractivity (Wildman–Crippen MR) is 194 cm³/mol. The molecule has 0 bridgehead atoms. The van der Waals surface area contributed by atoms with Crippen LogP contribution in [0.25, 0.3) is 103 Å². The molecule has 214 valence electrons. The highest BCUT2D eigenvalue weighted by Crippen LogP contribution is 2.45. The number of nitrogens with zero attached hydrogens (tertiary/aromatic N) is 1. The summed E-state index contributed by atoms with van der Waals surface area (Å²) < 4.78 is 18.1. The van der Waals surface area contributed by atoms with Gasteiger partial charge in [0.15, 0.2) is 5.58 Å². The molecule has 0 atom stereocenters. The van der Waals surface area contributed by atoms with E-state index >= 15 is 0 Å². The molecule has 11 aromatic rings. The van der Waals surface area contributed by atoms with Crippen LogP contribution >= 0.6 is 11.3 Å². The average Bonchev–Trinajstić information content (AvgIpc) is 3.86. The standard InChI is InChI=1S/C42H23NO2S/c1-4-14-33-26(9-1)29-21-22-31-28-10-3-6-18-38(28)46-42(31)40(29)43(33)34-15-7-13-30-27-20-19-24(23-37(27)45-41(30)34)25-12-8-17-36-39(25)32-11-2-5-16-35(32)44-36/h1-23H. The van der Waals surface area contributed by atoms with Crippen LogP contribution in [0.15, 0.2) is 148 Å². The summed E-state index contributed by atoms with van der Waals surface area (Å²) >= 11 is 1.87. The Morgan fingerprint density at radius 3 is 2.17 bits per heavy atom. The zero-order valence-corrected chi connectivity index (χ0v) is 25.3. The van der Waals surface area contributed by atoms with Crippen molar-refractivity contribution < 1.29 is 8.83 Å². The SMILES string of the molecule is c1ccc2c(c1)oc1cccc(-c3ccc4c(c3)oc3c(-n5c6ccccc6c6ccc7c8ccccc8sc7c65)cccc34)c12. The van der Waals surface area contributed by atoms with Gasteiger partial charge in [-0.3, -0.25) is 0 Å². The Kier molecular flexibility index (Phi) is 4.72. The van der Waals surface area contributed by atoms with Gasteiger partial charge in [-0.05, 0) is 53.6 Å². The topological polar surface area (TPSA) is 31.2 Å². The molecule has 0 radical (unpaired) electrons. The maximum atomic E-state index is 6.88. The van der Waals surface area contributed by atoms with Gasteiger partial charge in [-0.15, -0.1) is 11.3 Å². The zero-order valence-electron chi connectivity index (χ0n) is 24.5. The maximum absolute atomic E-state index is 6.88. The van der Waals surface area contributed by atoms with Gasteiger partial charge in [0.05, 0.1) is 21.4 Å². The lowest BCUT2D eigenvalue weighted by atomic mass is 9.98. The van der Waals surface area contributed by atoms with Gasteiger partial charge in [0.25, 0.3) is 0 Å². The highest BCUT2D eigenvalue weighted by Gasteiger charge is 2.21. The molecular weight excluding hydrogens is 583 g/mol. The minimum atomic E-state index is 0.873. The Balaban J connectivity index is 1.21. The van der Waals surface area contributed by atoms with E-state index in [0.29, 0.717) is 0 Å². The summed E-state index contributed by atoms with van der Waals surface area (Å²) in [6.07, 6.45) is 0. The van der Waals surface area contributed by atoms with Crippen LogP contribution in [0.1, 0.15) is 0 Å². The van der Waals surface area contributed by atoms with E-state index in [9.17, 15) is 0 Å². The van der Waals surface area contributed by atoms with Crippen molar-refractivity contribution in [2.75, 3.05) is 0 Å². The van der Waals surface area contributed by atoms with E-state index in [1.54, 1.807) is 0 Å². The smallest absolute Gasteiger partial charge is 0.159 e. The highest BCUT2D eigenvalue weighted by molar-refractivity contribution is 7.26. The van der Waals surface area contributed by atoms with Crippen molar-refractivity contribution in [1.29, 1.82) is 0 Å². The Labute approximate surface area is 266 Å². The summed E-state index contributed by atoms with van der Waals surface area (Å²) in [6, 6.07) is 49.7. The summed E-state index contributed by atoms with van der Waals surface area (Å²) in [5.41, 5.74) is 9.26. The molecule has 0 aliphatic rings. The third-order valence-electron chi connectivity index (χ3n) is 9.61. The summed E-state index contributed by atoms with van der Waals surface area (Å²) in [4.78, 5) is 0. The van der Waals surface area contributed by atoms with Crippen LogP contribution in [-0.2, 0) is 0 Å². The summed E-state index contributed by atoms with van der Waals surface area (Å²) in [6.45, 7) is 0. The quantitative estimate of drug-likeness (QED) is 0.196. The molecule has 3 nitrogen and oxygen atoms in total. The van der Waals surface area contributed by atoms with Crippen molar-refractivity contribution in [2.45, 2.75) is 0 Å². The molecule has 0 unspecified atom stereocenters. The van der Waals surface area contributed by atoms with E-state index < -0.39 is 0 Å². The van der Waals surface area contributed by atoms with Crippen molar-refractivity contribution in [3.05, 3.63) is 140 Å². The fourth-order valence-electron chi connectivity index (χ4n) is 7.62. The van der Waals surface area contributed by atoms with Crippen LogP contribution in [0.5, 0.6) is 0 Å². The van der Waals surface area contributed by atoms with E-state index in [4.69, 9.17) is 8.83 Å². The van der Waals surface area contributed by atoms with Crippen molar-refractivity contribution in [3.63, 3.8) is 0 Å². The van der Waals surface area contributed by atoms with Gasteiger partial charge in [-0.1, -0.05) is 97.1 Å². The fraction of sp³-hybridized carbons (Fsp3) is 0. The molecule has 0 amide bonds. The molecule has 7 aromatic carbocycles. The Hall–Kier alpha value is -5.84. The third-order valence-corrected chi connectivity index (χ3v) is 10.8. The van der Waals surface area contributed by atoms with Gasteiger partial charge in [-0.25, -0.2) is 0 Å². The maximum Gasteiger partial charge on any atom is 0.159 e. The molecule has 0 fully saturated rings. The Morgan fingerprint density at radius 2 is 1.22 bits per heavy atom. The minimum Gasteiger partial charge on any atom is -0.456 e. The van der Waals surface area contributed by atoms with Crippen molar-refractivity contribution in [3.8, 4) is 16.8 Å². The Morgan fingerprint density at radius 1 is 0.478 bits per heavy atom. The molecule has 0 aliphatic heterocycles. The first-order valence-corrected chi connectivity index (χ1v) is 16.3. The molecular formula is C42H23NO2S. The molecule has 11 rings (SSSR count). The lowest BCUT2D eigenvalue weighted by Gasteiger charge is -2.09. The average molecular weight is 606 g/mol. The number of thiophene rings is 1. The lowest BCUT2D eigenvalue weighted by Crippen LogP contribution is -1.94. The number of fused-ring (bicyclic) bond motifs is 13. The van der Waals surface area contributed by atoms with Crippen molar-refractivity contribution in [2.24, 2.45) is 0 Å². The molecule has 4 heterocycles. The number of furan rings is 2. The van der Waals surface area contributed by atoms with E-state index in [2.05, 4.69) is 126 Å². The number of aromatic nitrogens is 1. The van der Waals surface area contributed by atoms with Crippen LogP contribution in [0.4, 0.5) is 0 Å². The summed E-state index contributed by atoms with van der Waals surface area (Å²) in [7, 11) is 0. The molecule has 46 heavy (non-hydrogen) atoms. The van der Waals surface area contributed by atoms with Gasteiger partial charge >= 0.3 is 0 Å². The summed E-state index contributed by atoms with van der Waals surface area (Å²) in [5.74, 6) is 0. The normalized spacial score (nSPS) is 12.3. The monoisotopic (exact) mass is 605 g/mol. The van der Waals surface area contributed by atoms with Crippen LogP contribution in [-0.4, -0.2) is 4.57 Å². The van der Waals surface area contributed by atoms with Gasteiger partial charge in [0, 0.05) is 47.8 Å². The number of rotatable bonds is 2. The van der Waals surface area contributed by atoms with Crippen LogP contribution in [0.3, 0.4) is 0 Å². The molecule has 0 saturated heterocycles. The second-order valence-electron chi connectivity index (χ2n) is 12.0. The molecule has 0 saturated carbocycles. The number of para-hydroxylation sites is 3. The van der Waals surface area contributed by atoms with Crippen molar-refractivity contribution >= 4 is 97.2 Å². The van der Waals surface area contributed by atoms with Gasteiger partial charge in [0.1, 0.15) is 16.7 Å². The van der Waals surface area contributed by atoms with Crippen LogP contribution in [0.2, 0.25) is 0 Å². The molecule has 4 aromatic heterocycles. The molecule has 4 heteroatoms. The summed E-state index contributed by atoms with van der Waals surface area (Å²) in [5, 5.41) is 9.57. The number of hydrogen-bond acceptors (Lipinski definition) is 3. The first kappa shape index (κ1) is 24.5. The van der Waals surface area contributed by atoms with Crippen LogP contribution in [0, 0.1) is 0 Å². The molecule has 0 spiro atoms. The van der Waals surface area contributed by atoms with E-state index in [0.717, 1.165) is 60.7 Å². The van der Waals surface area contributed by atoms with E-state index in [-0.39, 0.29) is 0 Å². The second kappa shape index (κ2) is 8.87. The Bertz CT molecular complexity index is 3040. The van der Waals surface area contributed by atoms with Gasteiger partial charge in [-0.2, -0.15) is 0 Å². The molecule has 0 aliphatic carbocycles. The first-order valence-electron chi connectivity index (χ1n) is 15.5.